The zero-order valence-electron chi connectivity index (χ0n) is 11.6. The van der Waals surface area contributed by atoms with Crippen LogP contribution in [0.3, 0.4) is 0 Å². The monoisotopic (exact) mass is 268 g/mol. The quantitative estimate of drug-likeness (QED) is 0.891. The molecule has 0 aromatic heterocycles. The lowest BCUT2D eigenvalue weighted by molar-refractivity contribution is -0.111. The van der Waals surface area contributed by atoms with E-state index in [1.165, 1.54) is 13.2 Å². The van der Waals surface area contributed by atoms with Crippen molar-refractivity contribution >= 4 is 0 Å². The van der Waals surface area contributed by atoms with Crippen LogP contribution < -0.4 is 4.74 Å². The first-order chi connectivity index (χ1) is 9.05. The first kappa shape index (κ1) is 14.3. The largest absolute Gasteiger partial charge is 0.494 e. The maximum atomic E-state index is 13.9. The first-order valence-corrected chi connectivity index (χ1v) is 6.58. The summed E-state index contributed by atoms with van der Waals surface area (Å²) >= 11 is 0. The molecule has 1 heterocycles. The van der Waals surface area contributed by atoms with E-state index in [1.807, 2.05) is 6.07 Å². The van der Waals surface area contributed by atoms with E-state index in [9.17, 15) is 9.50 Å². The molecule has 1 aromatic carbocycles. The second-order valence-electron chi connectivity index (χ2n) is 5.53. The predicted octanol–water partition coefficient (Wildman–Crippen LogP) is 2.37. The van der Waals surface area contributed by atoms with Crippen LogP contribution in [0.5, 0.6) is 5.75 Å². The van der Waals surface area contributed by atoms with Gasteiger partial charge in [-0.1, -0.05) is 19.9 Å². The fourth-order valence-electron chi connectivity index (χ4n) is 2.92. The normalized spacial score (nSPS) is 19.1. The molecule has 1 aliphatic heterocycles. The van der Waals surface area contributed by atoms with Gasteiger partial charge in [-0.15, -0.1) is 0 Å². The van der Waals surface area contributed by atoms with Crippen molar-refractivity contribution in [3.63, 3.8) is 0 Å². The highest BCUT2D eigenvalue weighted by Gasteiger charge is 2.48. The van der Waals surface area contributed by atoms with E-state index >= 15 is 0 Å². The zero-order chi connectivity index (χ0) is 14.0. The summed E-state index contributed by atoms with van der Waals surface area (Å²) in [4.78, 5) is 0. The van der Waals surface area contributed by atoms with Gasteiger partial charge in [0.05, 0.1) is 20.3 Å². The molecular weight excluding hydrogens is 247 g/mol. The van der Waals surface area contributed by atoms with Gasteiger partial charge in [-0.2, -0.15) is 0 Å². The minimum atomic E-state index is -0.369. The lowest BCUT2D eigenvalue weighted by atomic mass is 9.65. The van der Waals surface area contributed by atoms with Gasteiger partial charge < -0.3 is 14.6 Å². The molecule has 106 valence electrons. The van der Waals surface area contributed by atoms with Crippen molar-refractivity contribution in [2.24, 2.45) is 11.8 Å². The van der Waals surface area contributed by atoms with Crippen molar-refractivity contribution in [2.45, 2.75) is 19.3 Å². The average Bonchev–Trinajstić information content (AvgIpc) is 2.32. The Kier molecular flexibility index (Phi) is 4.11. The number of rotatable bonds is 5. The minimum Gasteiger partial charge on any atom is -0.494 e. The molecule has 0 aliphatic carbocycles. The summed E-state index contributed by atoms with van der Waals surface area (Å²) in [5.74, 6) is 0.240. The summed E-state index contributed by atoms with van der Waals surface area (Å²) in [5, 5.41) is 9.65. The van der Waals surface area contributed by atoms with Crippen LogP contribution in [-0.4, -0.2) is 32.0 Å². The Morgan fingerprint density at radius 1 is 1.42 bits per heavy atom. The van der Waals surface area contributed by atoms with E-state index in [2.05, 4.69) is 13.8 Å². The molecule has 1 N–H and O–H groups in total. The second kappa shape index (κ2) is 5.47. The minimum absolute atomic E-state index is 0.0639. The molecule has 0 bridgehead atoms. The Morgan fingerprint density at radius 2 is 2.11 bits per heavy atom. The molecule has 0 saturated carbocycles. The van der Waals surface area contributed by atoms with Gasteiger partial charge in [0.1, 0.15) is 0 Å². The van der Waals surface area contributed by atoms with Gasteiger partial charge in [-0.25, -0.2) is 4.39 Å². The van der Waals surface area contributed by atoms with Gasteiger partial charge >= 0.3 is 0 Å². The van der Waals surface area contributed by atoms with Gasteiger partial charge in [0.15, 0.2) is 11.6 Å². The van der Waals surface area contributed by atoms with Gasteiger partial charge in [0.2, 0.25) is 0 Å². The Labute approximate surface area is 113 Å². The molecule has 0 radical (unpaired) electrons. The molecule has 19 heavy (non-hydrogen) atoms. The van der Waals surface area contributed by atoms with Crippen LogP contribution in [0.15, 0.2) is 18.2 Å². The number of ether oxygens (including phenoxy) is 2. The molecule has 1 unspecified atom stereocenters. The molecule has 4 heteroatoms. The number of halogens is 1. The molecule has 0 amide bonds. The number of aliphatic hydroxyl groups is 1. The molecule has 1 aromatic rings. The van der Waals surface area contributed by atoms with Gasteiger partial charge in [0, 0.05) is 12.0 Å². The van der Waals surface area contributed by atoms with Gasteiger partial charge in [-0.05, 0) is 29.5 Å². The van der Waals surface area contributed by atoms with Crippen LogP contribution in [0.4, 0.5) is 4.39 Å². The van der Waals surface area contributed by atoms with E-state index in [0.717, 1.165) is 5.56 Å². The summed E-state index contributed by atoms with van der Waals surface area (Å²) in [6, 6.07) is 5.02. The number of hydrogen-bond donors (Lipinski definition) is 1. The van der Waals surface area contributed by atoms with Crippen LogP contribution in [0.1, 0.15) is 19.4 Å². The van der Waals surface area contributed by atoms with Crippen molar-refractivity contribution in [3.05, 3.63) is 29.6 Å². The lowest BCUT2D eigenvalue weighted by Gasteiger charge is -2.48. The fourth-order valence-corrected chi connectivity index (χ4v) is 2.92. The summed E-state index contributed by atoms with van der Waals surface area (Å²) in [6.45, 7) is 5.28. The second-order valence-corrected chi connectivity index (χ2v) is 5.53. The number of methoxy groups -OCH3 is 1. The Bertz CT molecular complexity index is 441. The van der Waals surface area contributed by atoms with E-state index < -0.39 is 0 Å². The molecule has 2 rings (SSSR count). The van der Waals surface area contributed by atoms with Crippen LogP contribution in [0.25, 0.3) is 0 Å². The average molecular weight is 268 g/mol. The highest BCUT2D eigenvalue weighted by atomic mass is 19.1. The smallest absolute Gasteiger partial charge is 0.165 e. The van der Waals surface area contributed by atoms with Crippen LogP contribution >= 0.6 is 0 Å². The van der Waals surface area contributed by atoms with Gasteiger partial charge in [-0.3, -0.25) is 0 Å². The third-order valence-electron chi connectivity index (χ3n) is 4.16. The SMILES string of the molecule is COc1ccc(C2(C(CO)C(C)C)COC2)cc1F. The first-order valence-electron chi connectivity index (χ1n) is 6.58. The number of aliphatic hydroxyl groups excluding tert-OH is 1. The fraction of sp³-hybridized carbons (Fsp3) is 0.600. The summed E-state index contributed by atoms with van der Waals surface area (Å²) in [7, 11) is 1.45. The third-order valence-corrected chi connectivity index (χ3v) is 4.16. The number of hydrogen-bond acceptors (Lipinski definition) is 3. The molecule has 1 fully saturated rings. The number of benzene rings is 1. The lowest BCUT2D eigenvalue weighted by Crippen LogP contribution is -2.55. The van der Waals surface area contributed by atoms with Crippen LogP contribution in [0, 0.1) is 17.7 Å². The summed E-state index contributed by atoms with van der Waals surface area (Å²) in [6.07, 6.45) is 0. The summed E-state index contributed by atoms with van der Waals surface area (Å²) < 4.78 is 24.2. The molecule has 1 atom stereocenters. The molecule has 1 saturated heterocycles. The molecule has 0 spiro atoms. The highest BCUT2D eigenvalue weighted by Crippen LogP contribution is 2.43. The van der Waals surface area contributed by atoms with Crippen molar-refractivity contribution in [3.8, 4) is 5.75 Å². The van der Waals surface area contributed by atoms with Crippen molar-refractivity contribution in [1.82, 2.24) is 0 Å². The predicted molar refractivity (Wildman–Crippen MR) is 70.9 cm³/mol. The molecule has 1 aliphatic rings. The van der Waals surface area contributed by atoms with Crippen molar-refractivity contribution in [1.29, 1.82) is 0 Å². The summed E-state index contributed by atoms with van der Waals surface area (Å²) in [5.41, 5.74) is 0.598. The van der Waals surface area contributed by atoms with E-state index in [1.54, 1.807) is 6.07 Å². The Morgan fingerprint density at radius 3 is 2.47 bits per heavy atom. The van der Waals surface area contributed by atoms with Crippen molar-refractivity contribution in [2.75, 3.05) is 26.9 Å². The maximum Gasteiger partial charge on any atom is 0.165 e. The van der Waals surface area contributed by atoms with E-state index in [-0.39, 0.29) is 29.5 Å². The maximum absolute atomic E-state index is 13.9. The van der Waals surface area contributed by atoms with E-state index in [0.29, 0.717) is 19.1 Å². The highest BCUT2D eigenvalue weighted by molar-refractivity contribution is 5.36. The third kappa shape index (κ3) is 2.35. The van der Waals surface area contributed by atoms with Gasteiger partial charge in [0.25, 0.3) is 0 Å². The topological polar surface area (TPSA) is 38.7 Å². The Hall–Kier alpha value is -1.13. The standard InChI is InChI=1S/C15H21FO3/c1-10(2)12(7-17)15(8-19-9-15)11-4-5-14(18-3)13(16)6-11/h4-6,10,12,17H,7-9H2,1-3H3. The van der Waals surface area contributed by atoms with Crippen LogP contribution in [0.2, 0.25) is 0 Å². The zero-order valence-corrected chi connectivity index (χ0v) is 11.6. The van der Waals surface area contributed by atoms with Crippen LogP contribution in [-0.2, 0) is 10.2 Å². The van der Waals surface area contributed by atoms with Crippen molar-refractivity contribution < 1.29 is 19.0 Å². The molecule has 3 nitrogen and oxygen atoms in total. The Balaban J connectivity index is 2.38. The molecular formula is C15H21FO3. The van der Waals surface area contributed by atoms with E-state index in [4.69, 9.17) is 9.47 Å².